The first kappa shape index (κ1) is 11.7. The normalized spacial score (nSPS) is 25.1. The maximum atomic E-state index is 10.1. The first-order valence-corrected chi connectivity index (χ1v) is 5.39. The van der Waals surface area contributed by atoms with Gasteiger partial charge < -0.3 is 14.3 Å². The van der Waals surface area contributed by atoms with Gasteiger partial charge in [-0.25, -0.2) is 0 Å². The summed E-state index contributed by atoms with van der Waals surface area (Å²) in [5.41, 5.74) is 0. The van der Waals surface area contributed by atoms with Crippen LogP contribution in [0.2, 0.25) is 0 Å². The van der Waals surface area contributed by atoms with Crippen molar-refractivity contribution >= 4 is 6.29 Å². The highest BCUT2D eigenvalue weighted by Crippen LogP contribution is 2.25. The number of unbranched alkanes of at least 4 members (excludes halogenated alkanes) is 3. The van der Waals surface area contributed by atoms with E-state index in [4.69, 9.17) is 9.47 Å². The van der Waals surface area contributed by atoms with E-state index in [9.17, 15) is 4.79 Å². The van der Waals surface area contributed by atoms with Gasteiger partial charge >= 0.3 is 0 Å². The van der Waals surface area contributed by atoms with Crippen LogP contribution in [-0.2, 0) is 14.3 Å². The average molecular weight is 200 g/mol. The topological polar surface area (TPSA) is 35.5 Å². The van der Waals surface area contributed by atoms with E-state index in [1.54, 1.807) is 0 Å². The summed E-state index contributed by atoms with van der Waals surface area (Å²) in [5, 5.41) is 0. The number of ether oxygens (including phenoxy) is 2. The van der Waals surface area contributed by atoms with Gasteiger partial charge in [-0.3, -0.25) is 0 Å². The Balaban J connectivity index is 2.00. The maximum absolute atomic E-state index is 10.1. The summed E-state index contributed by atoms with van der Waals surface area (Å²) in [6.07, 6.45) is 6.20. The smallest absolute Gasteiger partial charge is 0.163 e. The first-order chi connectivity index (χ1) is 6.64. The van der Waals surface area contributed by atoms with Crippen molar-refractivity contribution in [1.82, 2.24) is 0 Å². The third-order valence-corrected chi connectivity index (χ3v) is 2.42. The van der Waals surface area contributed by atoms with Gasteiger partial charge in [-0.1, -0.05) is 12.8 Å². The summed E-state index contributed by atoms with van der Waals surface area (Å²) in [7, 11) is 0. The van der Waals surface area contributed by atoms with Crippen LogP contribution in [0.25, 0.3) is 0 Å². The molecule has 1 aliphatic rings. The molecule has 0 unspecified atom stereocenters. The molecule has 1 saturated heterocycles. The second-order valence-electron chi connectivity index (χ2n) is 4.26. The average Bonchev–Trinajstić information content (AvgIpc) is 2.45. The summed E-state index contributed by atoms with van der Waals surface area (Å²) in [4.78, 5) is 10.1. The van der Waals surface area contributed by atoms with Gasteiger partial charge in [0.25, 0.3) is 0 Å². The van der Waals surface area contributed by atoms with Gasteiger partial charge in [-0.2, -0.15) is 0 Å². The highest BCUT2D eigenvalue weighted by atomic mass is 16.7. The Bertz CT molecular complexity index is 177. The Hall–Kier alpha value is -0.410. The minimum Gasteiger partial charge on any atom is -0.348 e. The fourth-order valence-corrected chi connectivity index (χ4v) is 1.68. The number of hydrogen-bond donors (Lipinski definition) is 0. The molecule has 0 aromatic rings. The van der Waals surface area contributed by atoms with Crippen LogP contribution in [0.5, 0.6) is 0 Å². The van der Waals surface area contributed by atoms with Gasteiger partial charge in [0.05, 0.1) is 12.7 Å². The number of rotatable bonds is 6. The second kappa shape index (κ2) is 5.47. The van der Waals surface area contributed by atoms with Gasteiger partial charge in [-0.05, 0) is 26.7 Å². The SMILES string of the molecule is CC1(C)OC[C@@H](CCCCCC=O)O1. The highest BCUT2D eigenvalue weighted by molar-refractivity contribution is 5.48. The van der Waals surface area contributed by atoms with E-state index in [0.717, 1.165) is 32.0 Å². The van der Waals surface area contributed by atoms with Crippen LogP contribution in [-0.4, -0.2) is 24.8 Å². The Morgan fingerprint density at radius 3 is 2.71 bits per heavy atom. The lowest BCUT2D eigenvalue weighted by Crippen LogP contribution is -2.21. The molecule has 1 rings (SSSR count). The van der Waals surface area contributed by atoms with Crippen LogP contribution in [0.4, 0.5) is 0 Å². The van der Waals surface area contributed by atoms with Crippen molar-refractivity contribution in [3.05, 3.63) is 0 Å². The lowest BCUT2D eigenvalue weighted by molar-refractivity contribution is -0.139. The molecule has 0 radical (unpaired) electrons. The number of carbonyl (C=O) groups is 1. The fourth-order valence-electron chi connectivity index (χ4n) is 1.68. The summed E-state index contributed by atoms with van der Waals surface area (Å²) in [5.74, 6) is -0.395. The Morgan fingerprint density at radius 1 is 1.36 bits per heavy atom. The number of hydrogen-bond acceptors (Lipinski definition) is 3. The van der Waals surface area contributed by atoms with Crippen LogP contribution in [0.15, 0.2) is 0 Å². The summed E-state index contributed by atoms with van der Waals surface area (Å²) >= 11 is 0. The molecule has 14 heavy (non-hydrogen) atoms. The minimum atomic E-state index is -0.395. The van der Waals surface area contributed by atoms with E-state index < -0.39 is 5.79 Å². The number of carbonyl (C=O) groups excluding carboxylic acids is 1. The maximum Gasteiger partial charge on any atom is 0.163 e. The molecule has 3 heteroatoms. The molecule has 0 saturated carbocycles. The third-order valence-electron chi connectivity index (χ3n) is 2.42. The molecule has 1 heterocycles. The van der Waals surface area contributed by atoms with Crippen LogP contribution in [0.3, 0.4) is 0 Å². The molecule has 1 atom stereocenters. The van der Waals surface area contributed by atoms with Gasteiger partial charge in [-0.15, -0.1) is 0 Å². The van der Waals surface area contributed by atoms with Crippen LogP contribution in [0.1, 0.15) is 46.0 Å². The Labute approximate surface area is 85.8 Å². The third kappa shape index (κ3) is 4.20. The van der Waals surface area contributed by atoms with E-state index in [-0.39, 0.29) is 6.10 Å². The van der Waals surface area contributed by atoms with E-state index in [1.807, 2.05) is 13.8 Å². The predicted octanol–water partition coefficient (Wildman–Crippen LogP) is 2.29. The zero-order chi connectivity index (χ0) is 10.4. The predicted molar refractivity (Wildman–Crippen MR) is 54.1 cm³/mol. The molecule has 0 aliphatic carbocycles. The Kier molecular flexibility index (Phi) is 4.55. The van der Waals surface area contributed by atoms with Gasteiger partial charge in [0.15, 0.2) is 5.79 Å². The van der Waals surface area contributed by atoms with Gasteiger partial charge in [0.2, 0.25) is 0 Å². The van der Waals surface area contributed by atoms with Crippen molar-refractivity contribution in [3.63, 3.8) is 0 Å². The van der Waals surface area contributed by atoms with E-state index in [1.165, 1.54) is 0 Å². The van der Waals surface area contributed by atoms with E-state index >= 15 is 0 Å². The fraction of sp³-hybridized carbons (Fsp3) is 0.909. The van der Waals surface area contributed by atoms with Crippen LogP contribution >= 0.6 is 0 Å². The monoisotopic (exact) mass is 200 g/mol. The van der Waals surface area contributed by atoms with Crippen molar-refractivity contribution in [1.29, 1.82) is 0 Å². The summed E-state index contributed by atoms with van der Waals surface area (Å²) in [6, 6.07) is 0. The number of aldehydes is 1. The minimum absolute atomic E-state index is 0.251. The lowest BCUT2D eigenvalue weighted by Gasteiger charge is -2.16. The van der Waals surface area contributed by atoms with Crippen LogP contribution in [0, 0.1) is 0 Å². The molecule has 1 fully saturated rings. The van der Waals surface area contributed by atoms with E-state index in [2.05, 4.69) is 0 Å². The molecule has 0 bridgehead atoms. The largest absolute Gasteiger partial charge is 0.348 e. The molecular formula is C11H20O3. The van der Waals surface area contributed by atoms with Crippen molar-refractivity contribution in [2.24, 2.45) is 0 Å². The Morgan fingerprint density at radius 2 is 2.14 bits per heavy atom. The van der Waals surface area contributed by atoms with Gasteiger partial charge in [0, 0.05) is 6.42 Å². The zero-order valence-electron chi connectivity index (χ0n) is 9.12. The quantitative estimate of drug-likeness (QED) is 0.487. The molecule has 82 valence electrons. The molecular weight excluding hydrogens is 180 g/mol. The molecule has 0 aromatic heterocycles. The summed E-state index contributed by atoms with van der Waals surface area (Å²) in [6.45, 7) is 4.60. The lowest BCUT2D eigenvalue weighted by atomic mass is 10.1. The molecule has 0 N–H and O–H groups in total. The second-order valence-corrected chi connectivity index (χ2v) is 4.26. The van der Waals surface area contributed by atoms with Crippen LogP contribution < -0.4 is 0 Å². The van der Waals surface area contributed by atoms with E-state index in [0.29, 0.717) is 13.0 Å². The summed E-state index contributed by atoms with van der Waals surface area (Å²) < 4.78 is 11.1. The first-order valence-electron chi connectivity index (χ1n) is 5.39. The zero-order valence-corrected chi connectivity index (χ0v) is 9.12. The van der Waals surface area contributed by atoms with Crippen molar-refractivity contribution in [2.75, 3.05) is 6.61 Å². The van der Waals surface area contributed by atoms with Crippen molar-refractivity contribution in [3.8, 4) is 0 Å². The molecule has 3 nitrogen and oxygen atoms in total. The standard InChI is InChI=1S/C11H20O3/c1-11(2)13-9-10(14-11)7-5-3-4-6-8-12/h8,10H,3-7,9H2,1-2H3/t10-/m1/s1. The molecule has 0 aromatic carbocycles. The molecule has 1 aliphatic heterocycles. The molecule has 0 amide bonds. The van der Waals surface area contributed by atoms with Crippen molar-refractivity contribution in [2.45, 2.75) is 57.8 Å². The highest BCUT2D eigenvalue weighted by Gasteiger charge is 2.31. The van der Waals surface area contributed by atoms with Crippen molar-refractivity contribution < 1.29 is 14.3 Å². The van der Waals surface area contributed by atoms with Gasteiger partial charge in [0.1, 0.15) is 6.29 Å². The molecule has 0 spiro atoms.